The van der Waals surface area contributed by atoms with Crippen LogP contribution in [0.25, 0.3) is 11.3 Å². The second-order valence-corrected chi connectivity index (χ2v) is 5.35. The molecule has 108 valence electrons. The Morgan fingerprint density at radius 2 is 2.10 bits per heavy atom. The van der Waals surface area contributed by atoms with Crippen molar-refractivity contribution in [2.45, 2.75) is 18.9 Å². The molecule has 21 heavy (non-hydrogen) atoms. The van der Waals surface area contributed by atoms with Crippen molar-refractivity contribution in [1.82, 2.24) is 24.6 Å². The normalized spacial score (nSPS) is 16.8. The third kappa shape index (κ3) is 2.71. The van der Waals surface area contributed by atoms with Gasteiger partial charge in [0.2, 0.25) is 5.95 Å². The van der Waals surface area contributed by atoms with Crippen LogP contribution in [0.4, 0.5) is 5.95 Å². The van der Waals surface area contributed by atoms with Crippen LogP contribution in [0.3, 0.4) is 0 Å². The van der Waals surface area contributed by atoms with Gasteiger partial charge in [-0.1, -0.05) is 0 Å². The van der Waals surface area contributed by atoms with Crippen LogP contribution in [-0.2, 0) is 0 Å². The highest BCUT2D eigenvalue weighted by Crippen LogP contribution is 2.25. The fourth-order valence-electron chi connectivity index (χ4n) is 2.62. The number of aromatic nitrogens is 4. The monoisotopic (exact) mass is 283 g/mol. The predicted octanol–water partition coefficient (Wildman–Crippen LogP) is 1.06. The lowest BCUT2D eigenvalue weighted by Crippen LogP contribution is -2.31. The predicted molar refractivity (Wildman–Crippen MR) is 78.1 cm³/mol. The molecule has 2 aromatic rings. The highest BCUT2D eigenvalue weighted by Gasteiger charge is 2.20. The Labute approximate surface area is 123 Å². The second kappa shape index (κ2) is 5.50. The molecule has 7 heteroatoms. The molecule has 1 fully saturated rings. The molecule has 0 unspecified atom stereocenters. The van der Waals surface area contributed by atoms with Gasteiger partial charge < -0.3 is 10.6 Å². The van der Waals surface area contributed by atoms with Crippen LogP contribution in [0.5, 0.6) is 0 Å². The maximum absolute atomic E-state index is 9.15. The Hall–Kier alpha value is -2.46. The molecule has 1 saturated heterocycles. The zero-order valence-electron chi connectivity index (χ0n) is 11.9. The van der Waals surface area contributed by atoms with E-state index in [0.717, 1.165) is 31.5 Å². The van der Waals surface area contributed by atoms with Gasteiger partial charge in [0.15, 0.2) is 0 Å². The Balaban J connectivity index is 1.89. The zero-order chi connectivity index (χ0) is 14.8. The molecule has 0 bridgehead atoms. The van der Waals surface area contributed by atoms with Gasteiger partial charge in [-0.25, -0.2) is 9.97 Å². The van der Waals surface area contributed by atoms with Crippen molar-refractivity contribution in [3.63, 3.8) is 0 Å². The fraction of sp³-hybridized carbons (Fsp3) is 0.429. The summed E-state index contributed by atoms with van der Waals surface area (Å²) < 4.78 is 1.97. The summed E-state index contributed by atoms with van der Waals surface area (Å²) in [5.41, 5.74) is 7.38. The number of nitriles is 1. The molecule has 0 saturated carbocycles. The molecule has 0 atom stereocenters. The van der Waals surface area contributed by atoms with Crippen LogP contribution in [-0.4, -0.2) is 44.8 Å². The van der Waals surface area contributed by atoms with Crippen LogP contribution >= 0.6 is 0 Å². The number of piperidine rings is 1. The third-order valence-electron chi connectivity index (χ3n) is 3.86. The van der Waals surface area contributed by atoms with Gasteiger partial charge in [0, 0.05) is 11.8 Å². The number of nitrogen functional groups attached to an aromatic ring is 1. The van der Waals surface area contributed by atoms with Gasteiger partial charge in [0.1, 0.15) is 6.07 Å². The lowest BCUT2D eigenvalue weighted by atomic mass is 10.1. The van der Waals surface area contributed by atoms with Gasteiger partial charge >= 0.3 is 0 Å². The summed E-state index contributed by atoms with van der Waals surface area (Å²) in [6.07, 6.45) is 7.29. The van der Waals surface area contributed by atoms with Gasteiger partial charge in [-0.05, 0) is 33.0 Å². The smallest absolute Gasteiger partial charge is 0.220 e. The Kier molecular flexibility index (Phi) is 3.54. The molecule has 1 aliphatic heterocycles. The first-order chi connectivity index (χ1) is 10.2. The number of nitrogens with zero attached hydrogens (tertiary/aromatic N) is 6. The lowest BCUT2D eigenvalue weighted by Gasteiger charge is -2.28. The van der Waals surface area contributed by atoms with Crippen LogP contribution in [0.1, 0.15) is 24.4 Å². The summed E-state index contributed by atoms with van der Waals surface area (Å²) in [5.74, 6) is 0.163. The quantitative estimate of drug-likeness (QED) is 0.885. The van der Waals surface area contributed by atoms with Crippen molar-refractivity contribution in [1.29, 1.82) is 5.26 Å². The van der Waals surface area contributed by atoms with Gasteiger partial charge in [0.05, 0.1) is 29.7 Å². The summed E-state index contributed by atoms with van der Waals surface area (Å²) in [6.45, 7) is 2.15. The average Bonchev–Trinajstić information content (AvgIpc) is 2.97. The van der Waals surface area contributed by atoms with E-state index in [1.807, 2.05) is 10.9 Å². The highest BCUT2D eigenvalue weighted by atomic mass is 15.3. The number of rotatable bonds is 2. The SMILES string of the molecule is CN1CCC(n2cc(-c3nc(N)ncc3C#N)cn2)CC1. The molecule has 2 N–H and O–H groups in total. The average molecular weight is 283 g/mol. The molecule has 3 heterocycles. The number of likely N-dealkylation sites (tertiary alicyclic amines) is 1. The van der Waals surface area contributed by atoms with Gasteiger partial charge in [-0.2, -0.15) is 10.4 Å². The van der Waals surface area contributed by atoms with Gasteiger partial charge in [0.25, 0.3) is 0 Å². The number of anilines is 1. The minimum absolute atomic E-state index is 0.163. The van der Waals surface area contributed by atoms with Crippen LogP contribution in [0.2, 0.25) is 0 Å². The molecule has 0 aromatic carbocycles. The van der Waals surface area contributed by atoms with Crippen LogP contribution < -0.4 is 5.73 Å². The van der Waals surface area contributed by atoms with E-state index >= 15 is 0 Å². The van der Waals surface area contributed by atoms with Crippen molar-refractivity contribution in [3.8, 4) is 17.3 Å². The van der Waals surface area contributed by atoms with Crippen molar-refractivity contribution in [2.24, 2.45) is 0 Å². The minimum Gasteiger partial charge on any atom is -0.368 e. The highest BCUT2D eigenvalue weighted by molar-refractivity contribution is 5.65. The lowest BCUT2D eigenvalue weighted by molar-refractivity contribution is 0.212. The molecule has 1 aliphatic rings. The Morgan fingerprint density at radius 3 is 2.81 bits per heavy atom. The van der Waals surface area contributed by atoms with E-state index in [1.165, 1.54) is 6.20 Å². The number of hydrogen-bond acceptors (Lipinski definition) is 6. The van der Waals surface area contributed by atoms with Crippen molar-refractivity contribution >= 4 is 5.95 Å². The van der Waals surface area contributed by atoms with E-state index in [2.05, 4.69) is 33.1 Å². The molecule has 2 aromatic heterocycles. The van der Waals surface area contributed by atoms with Crippen LogP contribution in [0.15, 0.2) is 18.6 Å². The zero-order valence-corrected chi connectivity index (χ0v) is 11.9. The van der Waals surface area contributed by atoms with E-state index in [4.69, 9.17) is 11.0 Å². The van der Waals surface area contributed by atoms with E-state index in [0.29, 0.717) is 17.3 Å². The first-order valence-corrected chi connectivity index (χ1v) is 6.93. The summed E-state index contributed by atoms with van der Waals surface area (Å²) in [4.78, 5) is 10.3. The standard InChI is InChI=1S/C14H17N7/c1-20-4-2-12(3-5-20)21-9-11(8-18-21)13-10(6-15)7-17-14(16)19-13/h7-9,12H,2-5H2,1H3,(H2,16,17,19). The maximum atomic E-state index is 9.15. The molecule has 0 radical (unpaired) electrons. The first kappa shape index (κ1) is 13.5. The van der Waals surface area contributed by atoms with Crippen LogP contribution in [0, 0.1) is 11.3 Å². The van der Waals surface area contributed by atoms with E-state index in [9.17, 15) is 0 Å². The molecular weight excluding hydrogens is 266 g/mol. The molecule has 3 rings (SSSR count). The largest absolute Gasteiger partial charge is 0.368 e. The van der Waals surface area contributed by atoms with Crippen molar-refractivity contribution in [3.05, 3.63) is 24.2 Å². The van der Waals surface area contributed by atoms with E-state index < -0.39 is 0 Å². The fourth-order valence-corrected chi connectivity index (χ4v) is 2.62. The summed E-state index contributed by atoms with van der Waals surface area (Å²) in [7, 11) is 2.13. The molecule has 7 nitrogen and oxygen atoms in total. The molecule has 0 aliphatic carbocycles. The number of hydrogen-bond donors (Lipinski definition) is 1. The molecule has 0 amide bonds. The van der Waals surface area contributed by atoms with Gasteiger partial charge in [-0.3, -0.25) is 4.68 Å². The summed E-state index contributed by atoms with van der Waals surface area (Å²) >= 11 is 0. The summed E-state index contributed by atoms with van der Waals surface area (Å²) in [5, 5.41) is 13.6. The first-order valence-electron chi connectivity index (χ1n) is 6.93. The minimum atomic E-state index is 0.163. The Bertz CT molecular complexity index is 677. The number of nitrogens with two attached hydrogens (primary N) is 1. The third-order valence-corrected chi connectivity index (χ3v) is 3.86. The Morgan fingerprint density at radius 1 is 1.33 bits per heavy atom. The van der Waals surface area contributed by atoms with E-state index in [1.54, 1.807) is 6.20 Å². The molecular formula is C14H17N7. The summed E-state index contributed by atoms with van der Waals surface area (Å²) in [6, 6.07) is 2.49. The topological polar surface area (TPSA) is 96.6 Å². The second-order valence-electron chi connectivity index (χ2n) is 5.35. The van der Waals surface area contributed by atoms with Crippen molar-refractivity contribution in [2.75, 3.05) is 25.9 Å². The van der Waals surface area contributed by atoms with Crippen molar-refractivity contribution < 1.29 is 0 Å². The van der Waals surface area contributed by atoms with E-state index in [-0.39, 0.29) is 5.95 Å². The van der Waals surface area contributed by atoms with Gasteiger partial charge in [-0.15, -0.1) is 0 Å². The maximum Gasteiger partial charge on any atom is 0.220 e. The molecule has 0 spiro atoms.